The second-order valence-corrected chi connectivity index (χ2v) is 25.4. The molecule has 0 aromatic heterocycles. The number of hydrogen-bond acceptors (Lipinski definition) is 1. The molecule has 0 aliphatic carbocycles. The molecule has 0 saturated heterocycles. The van der Waals surface area contributed by atoms with Gasteiger partial charge in [0.2, 0.25) is 0 Å². The summed E-state index contributed by atoms with van der Waals surface area (Å²) in [7, 11) is -4.05. The van der Waals surface area contributed by atoms with Crippen molar-refractivity contribution < 1.29 is 40.6 Å². The monoisotopic (exact) mass is 385 g/mol. The Kier molecular flexibility index (Phi) is 13.3. The van der Waals surface area contributed by atoms with E-state index < -0.39 is 24.4 Å². The van der Waals surface area contributed by atoms with Crippen molar-refractivity contribution in [1.82, 2.24) is 4.98 Å². The van der Waals surface area contributed by atoms with Crippen molar-refractivity contribution in [2.45, 2.75) is 98.1 Å². The van der Waals surface area contributed by atoms with E-state index in [0.717, 1.165) is 0 Å². The minimum absolute atomic E-state index is 0. The Morgan fingerprint density at radius 1 is 0.760 bits per heavy atom. The summed E-state index contributed by atoms with van der Waals surface area (Å²) in [6.07, 6.45) is 0. The normalized spacial score (nSPS) is 16.0. The van der Waals surface area contributed by atoms with Crippen LogP contribution < -0.4 is 42.7 Å². The van der Waals surface area contributed by atoms with Gasteiger partial charge in [0.05, 0.1) is 16.1 Å². The number of allylic oxidation sites excluding steroid dienone is 2. The first-order chi connectivity index (χ1) is 9.84. The Morgan fingerprint density at radius 2 is 1.04 bits per heavy atom. The van der Waals surface area contributed by atoms with Crippen LogP contribution in [0.1, 0.15) is 37.5 Å². The van der Waals surface area contributed by atoms with Gasteiger partial charge in [-0.05, 0) is 34.6 Å². The number of nitrogens with one attached hydrogen (secondary N) is 1. The molecule has 140 valence electrons. The molecule has 0 aliphatic rings. The zero-order chi connectivity index (χ0) is 18.9. The summed E-state index contributed by atoms with van der Waals surface area (Å²) in [5, 5.41) is 0. The summed E-state index contributed by atoms with van der Waals surface area (Å²) < 4.78 is 0. The van der Waals surface area contributed by atoms with Gasteiger partial charge in [-0.1, -0.05) is 74.9 Å². The van der Waals surface area contributed by atoms with Crippen molar-refractivity contribution >= 4 is 24.4 Å². The Labute approximate surface area is 189 Å². The van der Waals surface area contributed by atoms with Gasteiger partial charge in [-0.3, -0.25) is 0 Å². The third-order valence-electron chi connectivity index (χ3n) is 3.65. The van der Waals surface area contributed by atoms with E-state index in [1.807, 2.05) is 0 Å². The average Bonchev–Trinajstić information content (AvgIpc) is 2.03. The fourth-order valence-corrected chi connectivity index (χ4v) is 12.0. The van der Waals surface area contributed by atoms with Crippen LogP contribution in [-0.4, -0.2) is 29.9 Å². The van der Waals surface area contributed by atoms with E-state index >= 15 is 0 Å². The number of hydrogen-bond donors (Lipinski definition) is 1. The van der Waals surface area contributed by atoms with E-state index in [1.165, 1.54) is 0 Å². The van der Waals surface area contributed by atoms with Crippen LogP contribution in [0.3, 0.4) is 0 Å². The van der Waals surface area contributed by atoms with Gasteiger partial charge >= 0.3 is 37.7 Å². The van der Waals surface area contributed by atoms with Crippen molar-refractivity contribution in [3.63, 3.8) is 0 Å². The Hall–Kier alpha value is 1.29. The smallest absolute Gasteiger partial charge is 1.00 e. The molecular weight excluding hydrogens is 340 g/mol. The van der Waals surface area contributed by atoms with E-state index in [1.54, 1.807) is 11.1 Å². The maximum absolute atomic E-state index is 4.02. The summed E-state index contributed by atoms with van der Waals surface area (Å²) in [5.41, 5.74) is 9.22. The van der Waals surface area contributed by atoms with Crippen molar-refractivity contribution in [1.29, 1.82) is 0 Å². The Morgan fingerprint density at radius 3 is 1.24 bits per heavy atom. The molecule has 0 atom stereocenters. The van der Waals surface area contributed by atoms with Gasteiger partial charge in [0, 0.05) is 11.1 Å². The maximum atomic E-state index is 4.02. The third-order valence-corrected chi connectivity index (χ3v) is 10.0. The second kappa shape index (κ2) is 10.7. The molecule has 0 radical (unpaired) electrons. The van der Waals surface area contributed by atoms with E-state index in [9.17, 15) is 0 Å². The van der Waals surface area contributed by atoms with Crippen LogP contribution in [0.25, 0.3) is 0 Å². The molecular formula is C19H45Li2NSi3. The van der Waals surface area contributed by atoms with Gasteiger partial charge in [-0.15, -0.1) is 0 Å². The zero-order valence-electron chi connectivity index (χ0n) is 22.2. The van der Waals surface area contributed by atoms with Crippen LogP contribution in [0.4, 0.5) is 0 Å². The predicted octanol–water partition coefficient (Wildman–Crippen LogP) is 0.830. The maximum Gasteiger partial charge on any atom is 1.00 e. The first-order valence-electron chi connectivity index (χ1n) is 9.02. The molecule has 0 saturated carbocycles. The van der Waals surface area contributed by atoms with Gasteiger partial charge in [0.25, 0.3) is 0 Å². The fraction of sp³-hybridized carbons (Fsp3) is 0.789. The minimum Gasteiger partial charge on any atom is -1.00 e. The van der Waals surface area contributed by atoms with E-state index in [4.69, 9.17) is 0 Å². The molecule has 0 amide bonds. The molecule has 25 heavy (non-hydrogen) atoms. The van der Waals surface area contributed by atoms with Crippen molar-refractivity contribution in [3.8, 4) is 0 Å². The third kappa shape index (κ3) is 14.0. The SMILES string of the molecule is CC(=C[Si](C)(C)C)C(C(C)=C[Si](C)(C)C)[Si](C)(C)NC(C)(C)C.[H-].[H-].[Li+].[Li+]. The average molecular weight is 386 g/mol. The van der Waals surface area contributed by atoms with Crippen molar-refractivity contribution in [2.75, 3.05) is 0 Å². The largest absolute Gasteiger partial charge is 1.00 e. The second-order valence-electron chi connectivity index (χ2n) is 11.0. The first kappa shape index (κ1) is 31.0. The molecule has 0 aromatic carbocycles. The van der Waals surface area contributed by atoms with Gasteiger partial charge in [0.1, 0.15) is 8.24 Å². The molecule has 0 unspecified atom stereocenters. The summed E-state index contributed by atoms with van der Waals surface area (Å²) in [6, 6.07) is 0. The van der Waals surface area contributed by atoms with Crippen molar-refractivity contribution in [3.05, 3.63) is 22.5 Å². The molecule has 1 N–H and O–H groups in total. The van der Waals surface area contributed by atoms with Crippen LogP contribution in [0.5, 0.6) is 0 Å². The molecule has 0 bridgehead atoms. The van der Waals surface area contributed by atoms with Crippen molar-refractivity contribution in [2.24, 2.45) is 0 Å². The van der Waals surface area contributed by atoms with Crippen LogP contribution >= 0.6 is 0 Å². The quantitative estimate of drug-likeness (QED) is 0.668. The Balaban J connectivity index is -0.000000403. The molecule has 0 spiro atoms. The van der Waals surface area contributed by atoms with Crippen LogP contribution in [0, 0.1) is 0 Å². The standard InChI is InChI=1S/C19H43NSi3.2Li.2H/c1-16(14-21(6,7)8)18(17(2)15-22(9,10)11)23(12,13)20-19(3,4)5;;;;/h14-15,18,20H,1-13H3;;;;/q;2*+1;2*-1. The summed E-state index contributed by atoms with van der Waals surface area (Å²) >= 11 is 0. The van der Waals surface area contributed by atoms with Gasteiger partial charge in [0.15, 0.2) is 0 Å². The van der Waals surface area contributed by atoms with Gasteiger partial charge in [-0.25, -0.2) is 0 Å². The topological polar surface area (TPSA) is 12.0 Å². The van der Waals surface area contributed by atoms with E-state index in [-0.39, 0.29) is 46.1 Å². The van der Waals surface area contributed by atoms with Crippen LogP contribution in [0.15, 0.2) is 22.5 Å². The van der Waals surface area contributed by atoms with E-state index in [0.29, 0.717) is 5.54 Å². The molecule has 0 aliphatic heterocycles. The number of rotatable bonds is 6. The van der Waals surface area contributed by atoms with Gasteiger partial charge < -0.3 is 7.84 Å². The molecule has 0 heterocycles. The first-order valence-corrected chi connectivity index (χ1v) is 19.3. The van der Waals surface area contributed by atoms with Crippen LogP contribution in [-0.2, 0) is 0 Å². The molecule has 0 aromatic rings. The van der Waals surface area contributed by atoms with E-state index in [2.05, 4.69) is 103 Å². The molecule has 1 nitrogen and oxygen atoms in total. The Bertz CT molecular complexity index is 445. The fourth-order valence-electron chi connectivity index (χ4n) is 4.07. The summed E-state index contributed by atoms with van der Waals surface area (Å²) in [4.78, 5) is 4.02. The predicted molar refractivity (Wildman–Crippen MR) is 121 cm³/mol. The molecule has 6 heteroatoms. The van der Waals surface area contributed by atoms with Crippen LogP contribution in [0.2, 0.25) is 57.9 Å². The summed E-state index contributed by atoms with van der Waals surface area (Å²) in [5.74, 6) is 0. The minimum atomic E-state index is -1.64. The molecule has 0 rings (SSSR count). The molecule has 0 fully saturated rings. The van der Waals surface area contributed by atoms with Gasteiger partial charge in [-0.2, -0.15) is 0 Å². The zero-order valence-corrected chi connectivity index (χ0v) is 23.2. The summed E-state index contributed by atoms with van der Waals surface area (Å²) in [6.45, 7) is 31.3.